The lowest BCUT2D eigenvalue weighted by Gasteiger charge is -2.31. The molecule has 2 saturated heterocycles. The predicted molar refractivity (Wildman–Crippen MR) is 68.3 cm³/mol. The summed E-state index contributed by atoms with van der Waals surface area (Å²) in [6.07, 6.45) is 5.28. The van der Waals surface area contributed by atoms with Crippen molar-refractivity contribution < 1.29 is 9.47 Å². The number of ether oxygens (including phenoxy) is 2. The van der Waals surface area contributed by atoms with Crippen LogP contribution in [0.15, 0.2) is 0 Å². The van der Waals surface area contributed by atoms with Crippen LogP contribution in [0.5, 0.6) is 0 Å². The zero-order valence-electron chi connectivity index (χ0n) is 11.0. The van der Waals surface area contributed by atoms with Crippen LogP contribution in [0, 0.1) is 0 Å². The number of hydrogen-bond acceptors (Lipinski definition) is 4. The number of nitrogens with zero attached hydrogens (tertiary/aromatic N) is 1. The van der Waals surface area contributed by atoms with Crippen molar-refractivity contribution in [3.63, 3.8) is 0 Å². The van der Waals surface area contributed by atoms with Crippen LogP contribution in [0.3, 0.4) is 0 Å². The van der Waals surface area contributed by atoms with Gasteiger partial charge in [0.05, 0.1) is 6.10 Å². The molecule has 0 radical (unpaired) electrons. The predicted octanol–water partition coefficient (Wildman–Crippen LogP) is 0.866. The van der Waals surface area contributed by atoms with Gasteiger partial charge in [-0.2, -0.15) is 0 Å². The molecule has 2 aliphatic heterocycles. The first-order valence-electron chi connectivity index (χ1n) is 6.96. The number of rotatable bonds is 6. The number of hydrogen-bond donors (Lipinski definition) is 1. The van der Waals surface area contributed by atoms with Crippen LogP contribution in [0.2, 0.25) is 0 Å². The van der Waals surface area contributed by atoms with Crippen molar-refractivity contribution in [2.75, 3.05) is 46.5 Å². The zero-order chi connectivity index (χ0) is 11.9. The average Bonchev–Trinajstić information content (AvgIpc) is 2.88. The first kappa shape index (κ1) is 13.3. The molecule has 100 valence electrons. The third-order valence-corrected chi connectivity index (χ3v) is 3.85. The summed E-state index contributed by atoms with van der Waals surface area (Å²) in [6, 6.07) is 0.716. The molecule has 2 aliphatic rings. The molecular weight excluding hydrogens is 216 g/mol. The van der Waals surface area contributed by atoms with Crippen LogP contribution in [0.4, 0.5) is 0 Å². The van der Waals surface area contributed by atoms with Crippen molar-refractivity contribution in [2.45, 2.75) is 37.8 Å². The smallest absolute Gasteiger partial charge is 0.0700 e. The summed E-state index contributed by atoms with van der Waals surface area (Å²) in [5.74, 6) is 0. The maximum absolute atomic E-state index is 5.58. The Bertz CT molecular complexity index is 202. The quantitative estimate of drug-likeness (QED) is 0.701. The molecule has 1 N–H and O–H groups in total. The van der Waals surface area contributed by atoms with Crippen LogP contribution in [0.25, 0.3) is 0 Å². The van der Waals surface area contributed by atoms with Crippen molar-refractivity contribution >= 4 is 0 Å². The highest BCUT2D eigenvalue weighted by Gasteiger charge is 2.18. The fourth-order valence-corrected chi connectivity index (χ4v) is 2.63. The SMILES string of the molecule is CN(CCNCC1CCCO1)C1CCOCC1. The van der Waals surface area contributed by atoms with E-state index in [-0.39, 0.29) is 0 Å². The second-order valence-corrected chi connectivity index (χ2v) is 5.16. The number of nitrogens with one attached hydrogen (secondary N) is 1. The maximum atomic E-state index is 5.58. The van der Waals surface area contributed by atoms with Crippen molar-refractivity contribution in [3.8, 4) is 0 Å². The van der Waals surface area contributed by atoms with Gasteiger partial charge in [0.1, 0.15) is 0 Å². The van der Waals surface area contributed by atoms with E-state index in [0.29, 0.717) is 12.1 Å². The first-order valence-corrected chi connectivity index (χ1v) is 6.96. The molecule has 17 heavy (non-hydrogen) atoms. The van der Waals surface area contributed by atoms with Gasteiger partial charge in [-0.3, -0.25) is 0 Å². The summed E-state index contributed by atoms with van der Waals surface area (Å²) in [4.78, 5) is 2.46. The summed E-state index contributed by atoms with van der Waals surface area (Å²) in [7, 11) is 2.23. The summed E-state index contributed by atoms with van der Waals surface area (Å²) < 4.78 is 11.0. The summed E-state index contributed by atoms with van der Waals surface area (Å²) >= 11 is 0. The van der Waals surface area contributed by atoms with Gasteiger partial charge in [-0.1, -0.05) is 0 Å². The van der Waals surface area contributed by atoms with Gasteiger partial charge in [0.25, 0.3) is 0 Å². The van der Waals surface area contributed by atoms with Gasteiger partial charge in [-0.25, -0.2) is 0 Å². The van der Waals surface area contributed by atoms with Gasteiger partial charge < -0.3 is 19.7 Å². The zero-order valence-corrected chi connectivity index (χ0v) is 11.0. The van der Waals surface area contributed by atoms with E-state index in [1.54, 1.807) is 0 Å². The standard InChI is InChI=1S/C13H26N2O2/c1-15(12-4-9-16-10-5-12)7-6-14-11-13-3-2-8-17-13/h12-14H,2-11H2,1H3. The highest BCUT2D eigenvalue weighted by atomic mass is 16.5. The minimum Gasteiger partial charge on any atom is -0.381 e. The Morgan fingerprint density at radius 3 is 2.71 bits per heavy atom. The van der Waals surface area contributed by atoms with E-state index in [4.69, 9.17) is 9.47 Å². The minimum atomic E-state index is 0.461. The van der Waals surface area contributed by atoms with E-state index in [1.165, 1.54) is 25.7 Å². The highest BCUT2D eigenvalue weighted by Crippen LogP contribution is 2.12. The van der Waals surface area contributed by atoms with E-state index in [0.717, 1.165) is 39.5 Å². The van der Waals surface area contributed by atoms with E-state index in [2.05, 4.69) is 17.3 Å². The normalized spacial score (nSPS) is 26.8. The van der Waals surface area contributed by atoms with E-state index < -0.39 is 0 Å². The van der Waals surface area contributed by atoms with E-state index in [9.17, 15) is 0 Å². The van der Waals surface area contributed by atoms with E-state index in [1.807, 2.05) is 0 Å². The molecule has 2 fully saturated rings. The molecule has 0 aromatic heterocycles. The monoisotopic (exact) mass is 242 g/mol. The second-order valence-electron chi connectivity index (χ2n) is 5.16. The molecule has 2 heterocycles. The summed E-state index contributed by atoms with van der Waals surface area (Å²) in [6.45, 7) is 6.01. The molecule has 0 bridgehead atoms. The lowest BCUT2D eigenvalue weighted by Crippen LogP contribution is -2.41. The minimum absolute atomic E-state index is 0.461. The molecule has 0 aliphatic carbocycles. The Balaban J connectivity index is 1.51. The van der Waals surface area contributed by atoms with Gasteiger partial charge in [-0.15, -0.1) is 0 Å². The van der Waals surface area contributed by atoms with Crippen molar-refractivity contribution in [2.24, 2.45) is 0 Å². The Kier molecular flexibility index (Phi) is 5.71. The highest BCUT2D eigenvalue weighted by molar-refractivity contribution is 4.73. The molecular formula is C13H26N2O2. The maximum Gasteiger partial charge on any atom is 0.0700 e. The molecule has 4 nitrogen and oxygen atoms in total. The lowest BCUT2D eigenvalue weighted by atomic mass is 10.1. The van der Waals surface area contributed by atoms with Crippen molar-refractivity contribution in [1.82, 2.24) is 10.2 Å². The third kappa shape index (κ3) is 4.54. The van der Waals surface area contributed by atoms with Crippen LogP contribution >= 0.6 is 0 Å². The summed E-state index contributed by atoms with van der Waals surface area (Å²) in [5.41, 5.74) is 0. The second kappa shape index (κ2) is 7.31. The fraction of sp³-hybridized carbons (Fsp3) is 1.00. The molecule has 0 spiro atoms. The average molecular weight is 242 g/mol. The Morgan fingerprint density at radius 1 is 1.18 bits per heavy atom. The van der Waals surface area contributed by atoms with Gasteiger partial charge in [0, 0.05) is 45.5 Å². The van der Waals surface area contributed by atoms with Gasteiger partial charge in [0.2, 0.25) is 0 Å². The molecule has 0 aromatic rings. The Hall–Kier alpha value is -0.160. The molecule has 1 atom stereocenters. The molecule has 0 saturated carbocycles. The largest absolute Gasteiger partial charge is 0.381 e. The van der Waals surface area contributed by atoms with Crippen molar-refractivity contribution in [1.29, 1.82) is 0 Å². The summed E-state index contributed by atoms with van der Waals surface area (Å²) in [5, 5.41) is 3.50. The lowest BCUT2D eigenvalue weighted by molar-refractivity contribution is 0.0429. The van der Waals surface area contributed by atoms with E-state index >= 15 is 0 Å². The molecule has 0 aromatic carbocycles. The fourth-order valence-electron chi connectivity index (χ4n) is 2.63. The molecule has 1 unspecified atom stereocenters. The number of likely N-dealkylation sites (N-methyl/N-ethyl adjacent to an activating group) is 1. The van der Waals surface area contributed by atoms with Gasteiger partial charge in [0.15, 0.2) is 0 Å². The van der Waals surface area contributed by atoms with Crippen LogP contribution in [-0.2, 0) is 9.47 Å². The Morgan fingerprint density at radius 2 is 2.00 bits per heavy atom. The third-order valence-electron chi connectivity index (χ3n) is 3.85. The first-order chi connectivity index (χ1) is 8.36. The van der Waals surface area contributed by atoms with Crippen molar-refractivity contribution in [3.05, 3.63) is 0 Å². The van der Waals surface area contributed by atoms with Crippen LogP contribution in [0.1, 0.15) is 25.7 Å². The Labute approximate surface area is 105 Å². The van der Waals surface area contributed by atoms with Gasteiger partial charge in [-0.05, 0) is 32.7 Å². The molecule has 4 heteroatoms. The molecule has 2 rings (SSSR count). The molecule has 0 amide bonds. The van der Waals surface area contributed by atoms with Gasteiger partial charge >= 0.3 is 0 Å². The van der Waals surface area contributed by atoms with Crippen LogP contribution in [-0.4, -0.2) is 63.5 Å². The topological polar surface area (TPSA) is 33.7 Å². The van der Waals surface area contributed by atoms with Crippen LogP contribution < -0.4 is 5.32 Å².